The molecule has 0 aliphatic rings. The average molecular weight is 144 g/mol. The molecule has 0 radical (unpaired) electrons. The van der Waals surface area contributed by atoms with Gasteiger partial charge in [-0.05, 0) is 0 Å². The van der Waals surface area contributed by atoms with Crippen LogP contribution in [0.4, 0.5) is 0 Å². The van der Waals surface area contributed by atoms with Gasteiger partial charge in [-0.3, -0.25) is 9.79 Å². The summed E-state index contributed by atoms with van der Waals surface area (Å²) in [4.78, 5) is 24.6. The molecule has 8 heavy (non-hydrogen) atoms. The largest absolute Gasteiger partial charge is 0.592 e. The molecule has 0 bridgehead atoms. The van der Waals surface area contributed by atoms with Gasteiger partial charge in [0.05, 0.1) is 0 Å². The summed E-state index contributed by atoms with van der Waals surface area (Å²) in [6.45, 7) is 0. The van der Waals surface area contributed by atoms with Crippen LogP contribution < -0.4 is 0 Å². The lowest BCUT2D eigenvalue weighted by Gasteiger charge is -1.86. The first-order valence-corrected chi connectivity index (χ1v) is 2.86. The first kappa shape index (κ1) is 7.35. The molecule has 0 saturated heterocycles. The van der Waals surface area contributed by atoms with Crippen LogP contribution >= 0.6 is 7.82 Å². The third-order valence-corrected chi connectivity index (χ3v) is 0.529. The van der Waals surface area contributed by atoms with E-state index in [2.05, 4.69) is 4.62 Å². The van der Waals surface area contributed by atoms with Gasteiger partial charge in [-0.1, -0.05) is 4.62 Å². The van der Waals surface area contributed by atoms with E-state index in [0.717, 1.165) is 0 Å². The second-order valence-electron chi connectivity index (χ2n) is 0.810. The third kappa shape index (κ3) is 5.35. The standard InChI is InChI=1S/H2NO6P/c2-1(3)7-8(4,5)6/h(H2-,2,3,4,5,6)/p+1. The zero-order valence-corrected chi connectivity index (χ0v) is 4.36. The Balaban J connectivity index is 3.74. The monoisotopic (exact) mass is 144 g/mol. The van der Waals surface area contributed by atoms with Gasteiger partial charge in [0.25, 0.3) is 0 Å². The van der Waals surface area contributed by atoms with Crippen molar-refractivity contribution in [1.82, 2.24) is 0 Å². The second kappa shape index (κ2) is 2.08. The first-order valence-electron chi connectivity index (χ1n) is 1.33. The molecule has 0 fully saturated rings. The SMILES string of the molecule is O=[N+](O)OP(=O)(O)O. The molecule has 0 saturated carbocycles. The first-order chi connectivity index (χ1) is 3.42. The molecule has 7 nitrogen and oxygen atoms in total. The summed E-state index contributed by atoms with van der Waals surface area (Å²) in [6, 6.07) is 0. The van der Waals surface area contributed by atoms with Crippen molar-refractivity contribution < 1.29 is 29.3 Å². The molecular formula is H3NO6P+. The summed E-state index contributed by atoms with van der Waals surface area (Å²) in [7, 11) is -4.86. The number of phosphoric acid groups is 1. The summed E-state index contributed by atoms with van der Waals surface area (Å²) in [6.07, 6.45) is 0. The van der Waals surface area contributed by atoms with Crippen molar-refractivity contribution in [3.8, 4) is 0 Å². The molecule has 0 amide bonds. The zero-order valence-electron chi connectivity index (χ0n) is 3.46. The Labute approximate surface area is 43.2 Å². The molecule has 0 aromatic rings. The lowest BCUT2D eigenvalue weighted by molar-refractivity contribution is -0.950. The minimum absolute atomic E-state index is 1.30. The summed E-state index contributed by atoms with van der Waals surface area (Å²) in [5.74, 6) is 0. The van der Waals surface area contributed by atoms with Crippen LogP contribution in [0, 0.1) is 4.91 Å². The molecule has 0 aromatic carbocycles. The summed E-state index contributed by atoms with van der Waals surface area (Å²) in [5.41, 5.74) is 0. The molecule has 8 heteroatoms. The van der Waals surface area contributed by atoms with Crippen molar-refractivity contribution in [3.05, 3.63) is 4.91 Å². The van der Waals surface area contributed by atoms with Gasteiger partial charge in [-0.2, -0.15) is 0 Å². The summed E-state index contributed by atoms with van der Waals surface area (Å²) in [5, 5.41) is 6.15. The molecule has 0 unspecified atom stereocenters. The molecule has 0 heterocycles. The van der Waals surface area contributed by atoms with Crippen LogP contribution in [0.15, 0.2) is 0 Å². The highest BCUT2D eigenvalue weighted by Gasteiger charge is 2.27. The van der Waals surface area contributed by atoms with Crippen LogP contribution in [0.5, 0.6) is 0 Å². The van der Waals surface area contributed by atoms with Crippen LogP contribution in [-0.4, -0.2) is 20.1 Å². The van der Waals surface area contributed by atoms with Crippen LogP contribution in [-0.2, 0) is 9.19 Å². The maximum atomic E-state index is 9.51. The maximum Gasteiger partial charge on any atom is 0.592 e. The smallest absolute Gasteiger partial charge is 0.289 e. The molecule has 0 spiro atoms. The second-order valence-corrected chi connectivity index (χ2v) is 1.95. The predicted molar refractivity (Wildman–Crippen MR) is 18.5 cm³/mol. The van der Waals surface area contributed by atoms with E-state index in [-0.39, 0.29) is 0 Å². The molecule has 0 aromatic heterocycles. The van der Waals surface area contributed by atoms with E-state index < -0.39 is 12.9 Å². The Kier molecular flexibility index (Phi) is 1.91. The highest BCUT2D eigenvalue weighted by Crippen LogP contribution is 2.34. The molecule has 3 N–H and O–H groups in total. The zero-order chi connectivity index (χ0) is 6.78. The van der Waals surface area contributed by atoms with Gasteiger partial charge in [0.2, 0.25) is 0 Å². The number of nitrogens with zero attached hydrogens (tertiary/aromatic N) is 1. The van der Waals surface area contributed by atoms with E-state index in [1.807, 2.05) is 0 Å². The van der Waals surface area contributed by atoms with Crippen molar-refractivity contribution in [1.29, 1.82) is 0 Å². The van der Waals surface area contributed by atoms with Crippen molar-refractivity contribution in [2.45, 2.75) is 0 Å². The number of hydrogen-bond acceptors (Lipinski definition) is 3. The minimum atomic E-state index is -4.86. The highest BCUT2D eigenvalue weighted by molar-refractivity contribution is 7.46. The third-order valence-electron chi connectivity index (χ3n) is 0.176. The predicted octanol–water partition coefficient (Wildman–Crippen LogP) is -0.821. The fourth-order valence-corrected chi connectivity index (χ4v) is 0.273. The van der Waals surface area contributed by atoms with Crippen molar-refractivity contribution >= 4 is 7.82 Å². The quantitative estimate of drug-likeness (QED) is 0.345. The van der Waals surface area contributed by atoms with Gasteiger partial charge in [0.15, 0.2) is 0 Å². The molecule has 0 rings (SSSR count). The van der Waals surface area contributed by atoms with Crippen molar-refractivity contribution in [2.75, 3.05) is 0 Å². The fraction of sp³-hybridized carbons (Fsp3) is 0. The Bertz CT molecular complexity index is 131. The summed E-state index contributed by atoms with van der Waals surface area (Å²) < 4.78 is 12.4. The number of rotatable bonds is 2. The van der Waals surface area contributed by atoms with Crippen molar-refractivity contribution in [2.24, 2.45) is 0 Å². The van der Waals surface area contributed by atoms with Gasteiger partial charge >= 0.3 is 12.9 Å². The van der Waals surface area contributed by atoms with E-state index in [1.165, 1.54) is 0 Å². The molecule has 0 atom stereocenters. The van der Waals surface area contributed by atoms with Crippen LogP contribution in [0.2, 0.25) is 0 Å². The molecular weight excluding hydrogens is 141 g/mol. The lowest BCUT2D eigenvalue weighted by Crippen LogP contribution is -1.99. The number of hydrogen-bond donors (Lipinski definition) is 3. The Morgan fingerprint density at radius 1 is 1.50 bits per heavy atom. The highest BCUT2D eigenvalue weighted by atomic mass is 31.2. The van der Waals surface area contributed by atoms with E-state index >= 15 is 0 Å². The molecule has 0 aliphatic heterocycles. The van der Waals surface area contributed by atoms with Crippen LogP contribution in [0.3, 0.4) is 0 Å². The van der Waals surface area contributed by atoms with Gasteiger partial charge in [0, 0.05) is 0 Å². The normalized spacial score (nSPS) is 10.8. The maximum absolute atomic E-state index is 9.51. The van der Waals surface area contributed by atoms with Gasteiger partial charge in [-0.25, -0.2) is 9.77 Å². The van der Waals surface area contributed by atoms with E-state index in [1.54, 1.807) is 0 Å². The van der Waals surface area contributed by atoms with Gasteiger partial charge in [0.1, 0.15) is 4.91 Å². The van der Waals surface area contributed by atoms with E-state index in [9.17, 15) is 9.47 Å². The van der Waals surface area contributed by atoms with Crippen molar-refractivity contribution in [3.63, 3.8) is 0 Å². The van der Waals surface area contributed by atoms with E-state index in [0.29, 0.717) is 0 Å². The Hall–Kier alpha value is -0.650. The van der Waals surface area contributed by atoms with Gasteiger partial charge in [-0.15, -0.1) is 0 Å². The fourth-order valence-electron chi connectivity index (χ4n) is 0.0910. The molecule has 48 valence electrons. The Morgan fingerprint density at radius 2 is 1.88 bits per heavy atom. The topological polar surface area (TPSA) is 107 Å². The molecule has 0 aliphatic carbocycles. The Morgan fingerprint density at radius 3 is 1.88 bits per heavy atom. The van der Waals surface area contributed by atoms with Crippen LogP contribution in [0.25, 0.3) is 0 Å². The summed E-state index contributed by atoms with van der Waals surface area (Å²) >= 11 is 0. The average Bonchev–Trinajstić information content (AvgIpc) is 1.21. The van der Waals surface area contributed by atoms with Crippen LogP contribution in [0.1, 0.15) is 0 Å². The van der Waals surface area contributed by atoms with E-state index in [4.69, 9.17) is 15.0 Å². The van der Waals surface area contributed by atoms with Gasteiger partial charge < -0.3 is 0 Å². The minimum Gasteiger partial charge on any atom is -0.289 e. The lowest BCUT2D eigenvalue weighted by atomic mass is 13.1.